The quantitative estimate of drug-likeness (QED) is 0.922. The van der Waals surface area contributed by atoms with Gasteiger partial charge in [-0.1, -0.05) is 24.3 Å². The number of hydrogen-bond donors (Lipinski definition) is 1. The molecule has 2 heterocycles. The molecule has 1 aromatic carbocycles. The van der Waals surface area contributed by atoms with E-state index in [0.717, 1.165) is 12.1 Å². The highest BCUT2D eigenvalue weighted by atomic mass is 16.1. The van der Waals surface area contributed by atoms with Crippen LogP contribution in [0.5, 0.6) is 0 Å². The van der Waals surface area contributed by atoms with E-state index in [2.05, 4.69) is 39.5 Å². The second-order valence-electron chi connectivity index (χ2n) is 5.72. The van der Waals surface area contributed by atoms with Gasteiger partial charge in [0.25, 0.3) is 5.91 Å². The van der Waals surface area contributed by atoms with Crippen molar-refractivity contribution < 1.29 is 4.79 Å². The van der Waals surface area contributed by atoms with Gasteiger partial charge in [-0.25, -0.2) is 0 Å². The molecule has 2 aromatic rings. The Balaban J connectivity index is 1.51. The summed E-state index contributed by atoms with van der Waals surface area (Å²) < 4.78 is 0. The number of aromatic nitrogens is 1. The number of carbonyl (C=O) groups excluding carboxylic acids is 1. The van der Waals surface area contributed by atoms with Crippen molar-refractivity contribution in [3.8, 4) is 0 Å². The maximum absolute atomic E-state index is 12.0. The van der Waals surface area contributed by atoms with E-state index in [1.54, 1.807) is 24.5 Å². The van der Waals surface area contributed by atoms with Crippen LogP contribution >= 0.6 is 0 Å². The minimum atomic E-state index is -0.0887. The number of benzene rings is 1. The average molecular weight is 295 g/mol. The van der Waals surface area contributed by atoms with Gasteiger partial charge in [0.2, 0.25) is 0 Å². The Morgan fingerprint density at radius 2 is 1.82 bits per heavy atom. The van der Waals surface area contributed by atoms with Gasteiger partial charge < -0.3 is 5.32 Å². The molecule has 1 saturated heterocycles. The molecule has 22 heavy (non-hydrogen) atoms. The summed E-state index contributed by atoms with van der Waals surface area (Å²) in [5.41, 5.74) is 3.04. The van der Waals surface area contributed by atoms with Crippen LogP contribution < -0.4 is 5.32 Å². The molecule has 1 N–H and O–H groups in total. The zero-order valence-corrected chi connectivity index (χ0v) is 12.7. The smallest absolute Gasteiger partial charge is 0.253 e. The third-order valence-corrected chi connectivity index (χ3v) is 4.00. The molecule has 0 radical (unpaired) electrons. The Morgan fingerprint density at radius 3 is 2.50 bits per heavy atom. The number of amides is 1. The van der Waals surface area contributed by atoms with Crippen molar-refractivity contribution >= 4 is 5.91 Å². The van der Waals surface area contributed by atoms with Gasteiger partial charge in [0.15, 0.2) is 0 Å². The Hall–Kier alpha value is -2.20. The Kier molecular flexibility index (Phi) is 4.81. The maximum atomic E-state index is 12.0. The largest absolute Gasteiger partial charge is 0.348 e. The first-order chi connectivity index (χ1) is 10.8. The van der Waals surface area contributed by atoms with Crippen molar-refractivity contribution in [1.82, 2.24) is 15.2 Å². The molecule has 0 aliphatic carbocycles. The highest BCUT2D eigenvalue weighted by Gasteiger charge is 2.11. The van der Waals surface area contributed by atoms with Gasteiger partial charge >= 0.3 is 0 Å². The van der Waals surface area contributed by atoms with E-state index in [9.17, 15) is 4.79 Å². The van der Waals surface area contributed by atoms with Crippen LogP contribution in [-0.2, 0) is 13.1 Å². The first kappa shape index (κ1) is 14.7. The van der Waals surface area contributed by atoms with E-state index >= 15 is 0 Å². The topological polar surface area (TPSA) is 45.2 Å². The van der Waals surface area contributed by atoms with Crippen LogP contribution in [0.4, 0.5) is 0 Å². The second kappa shape index (κ2) is 7.18. The molecule has 1 aliphatic heterocycles. The number of carbonyl (C=O) groups is 1. The summed E-state index contributed by atoms with van der Waals surface area (Å²) in [6, 6.07) is 12.0. The van der Waals surface area contributed by atoms with Gasteiger partial charge in [-0.2, -0.15) is 0 Å². The lowest BCUT2D eigenvalue weighted by Gasteiger charge is -2.14. The fraction of sp³-hybridized carbons (Fsp3) is 0.333. The standard InChI is InChI=1S/C18H21N3O/c22-18(17-4-3-9-19-13-17)20-12-15-5-7-16(8-6-15)14-21-10-1-2-11-21/h3-9,13H,1-2,10-12,14H2,(H,20,22). The minimum absolute atomic E-state index is 0.0887. The highest BCUT2D eigenvalue weighted by Crippen LogP contribution is 2.13. The summed E-state index contributed by atoms with van der Waals surface area (Å²) in [5, 5.41) is 2.92. The molecular weight excluding hydrogens is 274 g/mol. The lowest BCUT2D eigenvalue weighted by Crippen LogP contribution is -2.23. The van der Waals surface area contributed by atoms with E-state index in [0.29, 0.717) is 12.1 Å². The summed E-state index contributed by atoms with van der Waals surface area (Å²) in [4.78, 5) is 18.4. The number of nitrogens with zero attached hydrogens (tertiary/aromatic N) is 2. The third-order valence-electron chi connectivity index (χ3n) is 4.00. The molecular formula is C18H21N3O. The molecule has 114 valence electrons. The molecule has 1 amide bonds. The van der Waals surface area contributed by atoms with Crippen LogP contribution in [0, 0.1) is 0 Å². The maximum Gasteiger partial charge on any atom is 0.253 e. The summed E-state index contributed by atoms with van der Waals surface area (Å²) >= 11 is 0. The van der Waals surface area contributed by atoms with E-state index in [4.69, 9.17) is 0 Å². The number of likely N-dealkylation sites (tertiary alicyclic amines) is 1. The third kappa shape index (κ3) is 3.92. The first-order valence-electron chi connectivity index (χ1n) is 7.80. The fourth-order valence-electron chi connectivity index (χ4n) is 2.74. The molecule has 1 aromatic heterocycles. The molecule has 1 fully saturated rings. The zero-order valence-electron chi connectivity index (χ0n) is 12.7. The van der Waals surface area contributed by atoms with E-state index in [-0.39, 0.29) is 5.91 Å². The molecule has 0 atom stereocenters. The highest BCUT2D eigenvalue weighted by molar-refractivity contribution is 5.93. The van der Waals surface area contributed by atoms with Crippen LogP contribution in [0.15, 0.2) is 48.8 Å². The van der Waals surface area contributed by atoms with Crippen LogP contribution in [0.3, 0.4) is 0 Å². The molecule has 0 unspecified atom stereocenters. The predicted molar refractivity (Wildman–Crippen MR) is 86.4 cm³/mol. The zero-order chi connectivity index (χ0) is 15.2. The molecule has 4 nitrogen and oxygen atoms in total. The van der Waals surface area contributed by atoms with Crippen LogP contribution in [0.25, 0.3) is 0 Å². The van der Waals surface area contributed by atoms with Crippen LogP contribution in [0.2, 0.25) is 0 Å². The number of rotatable bonds is 5. The lowest BCUT2D eigenvalue weighted by atomic mass is 10.1. The fourth-order valence-corrected chi connectivity index (χ4v) is 2.74. The van der Waals surface area contributed by atoms with Crippen LogP contribution in [0.1, 0.15) is 34.3 Å². The number of nitrogens with one attached hydrogen (secondary N) is 1. The van der Waals surface area contributed by atoms with Gasteiger partial charge in [-0.15, -0.1) is 0 Å². The molecule has 4 heteroatoms. The summed E-state index contributed by atoms with van der Waals surface area (Å²) in [6.45, 7) is 3.99. The summed E-state index contributed by atoms with van der Waals surface area (Å²) in [7, 11) is 0. The van der Waals surface area contributed by atoms with E-state index in [1.807, 2.05) is 0 Å². The van der Waals surface area contributed by atoms with Crippen LogP contribution in [-0.4, -0.2) is 28.9 Å². The van der Waals surface area contributed by atoms with Crippen molar-refractivity contribution in [2.45, 2.75) is 25.9 Å². The minimum Gasteiger partial charge on any atom is -0.348 e. The van der Waals surface area contributed by atoms with Gasteiger partial charge in [-0.05, 0) is 49.2 Å². The molecule has 0 bridgehead atoms. The van der Waals surface area contributed by atoms with Gasteiger partial charge in [-0.3, -0.25) is 14.7 Å². The van der Waals surface area contributed by atoms with Crippen molar-refractivity contribution in [2.75, 3.05) is 13.1 Å². The second-order valence-corrected chi connectivity index (χ2v) is 5.72. The number of pyridine rings is 1. The van der Waals surface area contributed by atoms with Gasteiger partial charge in [0, 0.05) is 25.5 Å². The average Bonchev–Trinajstić information content (AvgIpc) is 3.08. The Bertz CT molecular complexity index is 604. The molecule has 3 rings (SSSR count). The van der Waals surface area contributed by atoms with Crippen molar-refractivity contribution in [1.29, 1.82) is 0 Å². The van der Waals surface area contributed by atoms with Gasteiger partial charge in [0.1, 0.15) is 0 Å². The molecule has 0 saturated carbocycles. The normalized spacial score (nSPS) is 14.9. The lowest BCUT2D eigenvalue weighted by molar-refractivity contribution is 0.0950. The van der Waals surface area contributed by atoms with Crippen molar-refractivity contribution in [3.63, 3.8) is 0 Å². The summed E-state index contributed by atoms with van der Waals surface area (Å²) in [5.74, 6) is -0.0887. The number of hydrogen-bond acceptors (Lipinski definition) is 3. The monoisotopic (exact) mass is 295 g/mol. The predicted octanol–water partition coefficient (Wildman–Crippen LogP) is 2.61. The molecule has 1 aliphatic rings. The Morgan fingerprint density at radius 1 is 1.09 bits per heavy atom. The first-order valence-corrected chi connectivity index (χ1v) is 7.80. The SMILES string of the molecule is O=C(NCc1ccc(CN2CCCC2)cc1)c1cccnc1. The van der Waals surface area contributed by atoms with Crippen molar-refractivity contribution in [2.24, 2.45) is 0 Å². The van der Waals surface area contributed by atoms with E-state index < -0.39 is 0 Å². The van der Waals surface area contributed by atoms with Crippen molar-refractivity contribution in [3.05, 3.63) is 65.5 Å². The summed E-state index contributed by atoms with van der Waals surface area (Å²) in [6.07, 6.45) is 5.88. The van der Waals surface area contributed by atoms with Gasteiger partial charge in [0.05, 0.1) is 5.56 Å². The Labute approximate surface area is 131 Å². The van der Waals surface area contributed by atoms with E-state index in [1.165, 1.54) is 31.5 Å². The molecule has 0 spiro atoms.